The standard InChI is InChI=1S/2C20H21F3N4O.C4H4O4/c2*21-20(22,23)15-4-3-5-16(14-15)26-11-8-25(9-12-26)10-13-27-18-7-2-1-6-17(18)24-19(27)28;5-3(6)1-2-4(7)8/h2*1-7,14H,8-13H2,(H,24,28);1-2H,(H,5,6)(H,7,8)/b;;2-1-. The smallest absolute Gasteiger partial charge is 0.416 e. The summed E-state index contributed by atoms with van der Waals surface area (Å²) in [4.78, 5) is 57.5. The summed E-state index contributed by atoms with van der Waals surface area (Å²) in [7, 11) is 0. The van der Waals surface area contributed by atoms with E-state index in [1.807, 2.05) is 58.3 Å². The maximum absolute atomic E-state index is 12.9. The molecule has 64 heavy (non-hydrogen) atoms. The number of nitrogens with zero attached hydrogens (tertiary/aromatic N) is 6. The van der Waals surface area contributed by atoms with E-state index in [9.17, 15) is 45.5 Å². The molecule has 0 aliphatic carbocycles. The first-order chi connectivity index (χ1) is 30.5. The molecule has 0 bridgehead atoms. The first kappa shape index (κ1) is 46.7. The maximum atomic E-state index is 12.9. The van der Waals surface area contributed by atoms with Crippen LogP contribution in [0.25, 0.3) is 22.1 Å². The van der Waals surface area contributed by atoms with Crippen LogP contribution in [0.1, 0.15) is 11.1 Å². The number of imidazole rings is 2. The predicted molar refractivity (Wildman–Crippen MR) is 230 cm³/mol. The quantitative estimate of drug-likeness (QED) is 0.0941. The molecule has 4 N–H and O–H groups in total. The zero-order valence-corrected chi connectivity index (χ0v) is 34.4. The molecule has 8 rings (SSSR count). The fraction of sp³-hybridized carbons (Fsp3) is 0.318. The number of anilines is 2. The van der Waals surface area contributed by atoms with E-state index in [4.69, 9.17) is 10.2 Å². The molecular weight excluding hydrogens is 851 g/mol. The number of aliphatic carboxylic acids is 2. The Kier molecular flexibility index (Phi) is 15.0. The van der Waals surface area contributed by atoms with Crippen molar-refractivity contribution in [3.05, 3.63) is 141 Å². The second-order valence-electron chi connectivity index (χ2n) is 15.0. The van der Waals surface area contributed by atoms with Crippen LogP contribution in [0.3, 0.4) is 0 Å². The molecule has 0 amide bonds. The molecule has 20 heteroatoms. The minimum atomic E-state index is -4.33. The average molecular weight is 897 g/mol. The van der Waals surface area contributed by atoms with Gasteiger partial charge in [-0.05, 0) is 60.7 Å². The van der Waals surface area contributed by atoms with Gasteiger partial charge in [-0.3, -0.25) is 18.9 Å². The Balaban J connectivity index is 0.000000182. The Hall–Kier alpha value is -6.80. The lowest BCUT2D eigenvalue weighted by Gasteiger charge is -2.36. The van der Waals surface area contributed by atoms with Gasteiger partial charge in [0.05, 0.1) is 33.2 Å². The molecule has 14 nitrogen and oxygen atoms in total. The number of aromatic nitrogens is 4. The highest BCUT2D eigenvalue weighted by molar-refractivity contribution is 5.89. The molecule has 0 radical (unpaired) electrons. The van der Waals surface area contributed by atoms with Crippen molar-refractivity contribution in [2.45, 2.75) is 25.4 Å². The van der Waals surface area contributed by atoms with Crippen LogP contribution in [0, 0.1) is 0 Å². The monoisotopic (exact) mass is 896 g/mol. The van der Waals surface area contributed by atoms with E-state index in [0.717, 1.165) is 73.5 Å². The summed E-state index contributed by atoms with van der Waals surface area (Å²) in [5.74, 6) is -2.51. The Bertz CT molecular complexity index is 2490. The van der Waals surface area contributed by atoms with Crippen molar-refractivity contribution >= 4 is 45.4 Å². The van der Waals surface area contributed by atoms with Crippen molar-refractivity contribution in [3.8, 4) is 0 Å². The summed E-state index contributed by atoms with van der Waals surface area (Å²) < 4.78 is 81.0. The molecule has 4 aromatic carbocycles. The highest BCUT2D eigenvalue weighted by Gasteiger charge is 2.32. The molecule has 0 unspecified atom stereocenters. The van der Waals surface area contributed by atoms with E-state index < -0.39 is 35.4 Å². The number of nitrogens with one attached hydrogen (secondary N) is 2. The van der Waals surface area contributed by atoms with Crippen molar-refractivity contribution in [1.82, 2.24) is 28.9 Å². The molecule has 2 aromatic heterocycles. The lowest BCUT2D eigenvalue weighted by Crippen LogP contribution is -2.47. The summed E-state index contributed by atoms with van der Waals surface area (Å²) in [6.07, 6.45) is -7.54. The third-order valence-electron chi connectivity index (χ3n) is 10.8. The molecule has 2 saturated heterocycles. The third-order valence-corrected chi connectivity index (χ3v) is 10.8. The molecule has 0 saturated carbocycles. The molecular formula is C44H46F6N8O6. The molecule has 340 valence electrons. The number of carboxylic acids is 2. The van der Waals surface area contributed by atoms with Crippen LogP contribution in [-0.4, -0.2) is 117 Å². The van der Waals surface area contributed by atoms with Crippen LogP contribution in [0.2, 0.25) is 0 Å². The van der Waals surface area contributed by atoms with Gasteiger partial charge in [0, 0.05) is 102 Å². The van der Waals surface area contributed by atoms with E-state index in [2.05, 4.69) is 19.8 Å². The van der Waals surface area contributed by atoms with Crippen LogP contribution in [0.4, 0.5) is 37.7 Å². The highest BCUT2D eigenvalue weighted by Crippen LogP contribution is 2.33. The first-order valence-electron chi connectivity index (χ1n) is 20.2. The number of aromatic amines is 2. The number of carbonyl (C=O) groups is 2. The molecule has 0 spiro atoms. The van der Waals surface area contributed by atoms with Gasteiger partial charge in [-0.15, -0.1) is 0 Å². The number of carboxylic acid groups (broad SMARTS) is 2. The summed E-state index contributed by atoms with van der Waals surface area (Å²) in [6.45, 7) is 8.19. The van der Waals surface area contributed by atoms with Gasteiger partial charge in [-0.1, -0.05) is 36.4 Å². The van der Waals surface area contributed by atoms with Crippen molar-refractivity contribution in [2.75, 3.05) is 75.2 Å². The van der Waals surface area contributed by atoms with Crippen molar-refractivity contribution in [3.63, 3.8) is 0 Å². The van der Waals surface area contributed by atoms with E-state index in [1.54, 1.807) is 21.3 Å². The van der Waals surface area contributed by atoms with E-state index in [1.165, 1.54) is 24.3 Å². The SMILES string of the molecule is O=C(O)/C=C\C(=O)O.O=c1[nH]c2ccccc2n1CCN1CCN(c2cccc(C(F)(F)F)c2)CC1.O=c1[nH]c2ccccc2n1CCN1CCN(c2cccc(C(F)(F)F)c2)CC1. The minimum Gasteiger partial charge on any atom is -0.478 e. The third kappa shape index (κ3) is 12.4. The molecule has 2 aliphatic heterocycles. The number of para-hydroxylation sites is 4. The number of rotatable bonds is 10. The van der Waals surface area contributed by atoms with Gasteiger partial charge in [0.2, 0.25) is 0 Å². The second kappa shape index (κ2) is 20.6. The van der Waals surface area contributed by atoms with Gasteiger partial charge in [0.25, 0.3) is 0 Å². The average Bonchev–Trinajstić information content (AvgIpc) is 3.78. The molecule has 6 aromatic rings. The fourth-order valence-electron chi connectivity index (χ4n) is 7.50. The highest BCUT2D eigenvalue weighted by atomic mass is 19.4. The van der Waals surface area contributed by atoms with E-state index in [0.29, 0.717) is 62.8 Å². The van der Waals surface area contributed by atoms with Crippen molar-refractivity contribution < 1.29 is 46.1 Å². The van der Waals surface area contributed by atoms with Gasteiger partial charge >= 0.3 is 35.7 Å². The largest absolute Gasteiger partial charge is 0.478 e. The van der Waals surface area contributed by atoms with Crippen molar-refractivity contribution in [2.24, 2.45) is 0 Å². The zero-order chi connectivity index (χ0) is 46.0. The number of hydrogen-bond acceptors (Lipinski definition) is 8. The molecule has 2 fully saturated rings. The van der Waals surface area contributed by atoms with Crippen LogP contribution in [0.5, 0.6) is 0 Å². The predicted octanol–water partition coefficient (Wildman–Crippen LogP) is 6.05. The van der Waals surface area contributed by atoms with Gasteiger partial charge < -0.3 is 30.0 Å². The molecule has 4 heterocycles. The number of piperazine rings is 2. The number of alkyl halides is 6. The summed E-state index contributed by atoms with van der Waals surface area (Å²) in [5, 5.41) is 15.6. The number of halogens is 6. The second-order valence-corrected chi connectivity index (χ2v) is 15.0. The number of benzene rings is 4. The maximum Gasteiger partial charge on any atom is 0.416 e. The summed E-state index contributed by atoms with van der Waals surface area (Å²) >= 11 is 0. The van der Waals surface area contributed by atoms with Gasteiger partial charge in [-0.2, -0.15) is 26.3 Å². The minimum absolute atomic E-state index is 0.121. The van der Waals surface area contributed by atoms with E-state index in [-0.39, 0.29) is 11.4 Å². The van der Waals surface area contributed by atoms with Gasteiger partial charge in [0.1, 0.15) is 0 Å². The number of hydrogen-bond donors (Lipinski definition) is 4. The zero-order valence-electron chi connectivity index (χ0n) is 34.4. The Morgan fingerprint density at radius 3 is 1.22 bits per heavy atom. The van der Waals surface area contributed by atoms with Crippen LogP contribution in [-0.2, 0) is 35.0 Å². The Labute approximate surface area is 361 Å². The molecule has 2 aliphatic rings. The normalized spacial score (nSPS) is 15.2. The fourth-order valence-corrected chi connectivity index (χ4v) is 7.50. The van der Waals surface area contributed by atoms with Gasteiger partial charge in [-0.25, -0.2) is 19.2 Å². The number of fused-ring (bicyclic) bond motifs is 2. The summed E-state index contributed by atoms with van der Waals surface area (Å²) in [5.41, 5.74) is 3.13. The Morgan fingerprint density at radius 2 is 0.875 bits per heavy atom. The topological polar surface area (TPSA) is 163 Å². The van der Waals surface area contributed by atoms with Crippen LogP contribution in [0.15, 0.2) is 119 Å². The van der Waals surface area contributed by atoms with Gasteiger partial charge in [0.15, 0.2) is 0 Å². The first-order valence-corrected chi connectivity index (χ1v) is 20.2. The van der Waals surface area contributed by atoms with Crippen molar-refractivity contribution in [1.29, 1.82) is 0 Å². The van der Waals surface area contributed by atoms with Crippen LogP contribution >= 0.6 is 0 Å². The Morgan fingerprint density at radius 1 is 0.516 bits per heavy atom. The van der Waals surface area contributed by atoms with E-state index >= 15 is 0 Å². The van der Waals surface area contributed by atoms with Crippen LogP contribution < -0.4 is 21.2 Å². The summed E-state index contributed by atoms with van der Waals surface area (Å²) in [6, 6.07) is 26.1. The molecule has 0 atom stereocenters. The lowest BCUT2D eigenvalue weighted by molar-refractivity contribution is -0.138. The number of H-pyrrole nitrogens is 2. The lowest BCUT2D eigenvalue weighted by atomic mass is 10.1.